The maximum absolute atomic E-state index is 6.49. The highest BCUT2D eigenvalue weighted by Gasteiger charge is 2.33. The van der Waals surface area contributed by atoms with Gasteiger partial charge in [-0.1, -0.05) is 41.5 Å². The zero-order valence-corrected chi connectivity index (χ0v) is 14.3. The highest BCUT2D eigenvalue weighted by atomic mass is 28.4. The Balaban J connectivity index is 2.63. The van der Waals surface area contributed by atoms with E-state index in [9.17, 15) is 0 Å². The third-order valence-electron chi connectivity index (χ3n) is 4.87. The van der Waals surface area contributed by atoms with Crippen molar-refractivity contribution in [1.29, 1.82) is 0 Å². The van der Waals surface area contributed by atoms with Gasteiger partial charge in [-0.15, -0.1) is 0 Å². The number of hydrogen-bond acceptors (Lipinski definition) is 1. The van der Waals surface area contributed by atoms with Gasteiger partial charge in [-0.05, 0) is 48.4 Å². The smallest absolute Gasteiger partial charge is 0.250 e. The van der Waals surface area contributed by atoms with Crippen LogP contribution in [0.15, 0.2) is 11.8 Å². The van der Waals surface area contributed by atoms with Gasteiger partial charge in [-0.2, -0.15) is 0 Å². The summed E-state index contributed by atoms with van der Waals surface area (Å²) in [6.45, 7) is 14.0. The van der Waals surface area contributed by atoms with Crippen molar-refractivity contribution in [2.75, 3.05) is 0 Å². The van der Waals surface area contributed by atoms with Crippen molar-refractivity contribution in [3.8, 4) is 0 Å². The molecule has 1 unspecified atom stereocenters. The van der Waals surface area contributed by atoms with Crippen LogP contribution in [0.25, 0.3) is 0 Å². The normalized spacial score (nSPS) is 21.7. The molecule has 0 aromatic rings. The molecule has 0 N–H and O–H groups in total. The average molecular weight is 269 g/mol. The predicted molar refractivity (Wildman–Crippen MR) is 83.2 cm³/mol. The Morgan fingerprint density at radius 3 is 2.06 bits per heavy atom. The number of hydrogen-bond donors (Lipinski definition) is 0. The standard InChI is InChI=1S/C16H32OSi/c1-7-18(8-2,9-3)17-15-12-10-14(11-13-15)16(4,5)6/h12,14H,7-11,13H2,1-6H3. The van der Waals surface area contributed by atoms with E-state index < -0.39 is 8.32 Å². The van der Waals surface area contributed by atoms with E-state index >= 15 is 0 Å². The summed E-state index contributed by atoms with van der Waals surface area (Å²) < 4.78 is 6.49. The Morgan fingerprint density at radius 1 is 1.17 bits per heavy atom. The molecule has 0 amide bonds. The first-order valence-corrected chi connectivity index (χ1v) is 10.3. The SMILES string of the molecule is CC[Si](CC)(CC)OC1=CCC(C(C)(C)C)CC1. The summed E-state index contributed by atoms with van der Waals surface area (Å²) in [5.41, 5.74) is 0.441. The minimum absolute atomic E-state index is 0.441. The first-order valence-electron chi connectivity index (χ1n) is 7.75. The van der Waals surface area contributed by atoms with Gasteiger partial charge < -0.3 is 4.43 Å². The van der Waals surface area contributed by atoms with Crippen LogP contribution in [-0.2, 0) is 4.43 Å². The number of allylic oxidation sites excluding steroid dienone is 2. The fraction of sp³-hybridized carbons (Fsp3) is 0.875. The molecule has 0 spiro atoms. The van der Waals surface area contributed by atoms with E-state index in [0.717, 1.165) is 12.3 Å². The zero-order valence-electron chi connectivity index (χ0n) is 13.3. The van der Waals surface area contributed by atoms with Crippen LogP contribution >= 0.6 is 0 Å². The maximum Gasteiger partial charge on any atom is 0.250 e. The summed E-state index contributed by atoms with van der Waals surface area (Å²) in [6.07, 6.45) is 6.07. The molecule has 18 heavy (non-hydrogen) atoms. The molecule has 1 atom stereocenters. The lowest BCUT2D eigenvalue weighted by Gasteiger charge is -2.36. The molecule has 106 valence electrons. The third-order valence-corrected chi connectivity index (χ3v) is 9.44. The molecule has 0 aromatic heterocycles. The van der Waals surface area contributed by atoms with Crippen LogP contribution in [0.4, 0.5) is 0 Å². The van der Waals surface area contributed by atoms with E-state index in [2.05, 4.69) is 47.6 Å². The van der Waals surface area contributed by atoms with Gasteiger partial charge in [-0.25, -0.2) is 0 Å². The van der Waals surface area contributed by atoms with Crippen LogP contribution in [0.3, 0.4) is 0 Å². The highest BCUT2D eigenvalue weighted by Crippen LogP contribution is 2.38. The molecule has 1 nitrogen and oxygen atoms in total. The monoisotopic (exact) mass is 268 g/mol. The summed E-state index contributed by atoms with van der Waals surface area (Å²) >= 11 is 0. The Morgan fingerprint density at radius 2 is 1.72 bits per heavy atom. The molecule has 1 rings (SSSR count). The molecule has 0 radical (unpaired) electrons. The van der Waals surface area contributed by atoms with Crippen molar-refractivity contribution in [1.82, 2.24) is 0 Å². The first-order chi connectivity index (χ1) is 8.37. The van der Waals surface area contributed by atoms with Gasteiger partial charge in [0.2, 0.25) is 8.32 Å². The van der Waals surface area contributed by atoms with Crippen molar-refractivity contribution >= 4 is 8.32 Å². The summed E-state index contributed by atoms with van der Waals surface area (Å²) in [7, 11) is -1.44. The minimum Gasteiger partial charge on any atom is -0.547 e. The van der Waals surface area contributed by atoms with Crippen LogP contribution < -0.4 is 0 Å². The Hall–Kier alpha value is -0.243. The molecule has 0 aromatic carbocycles. The summed E-state index contributed by atoms with van der Waals surface area (Å²) in [4.78, 5) is 0. The second-order valence-corrected chi connectivity index (χ2v) is 11.5. The van der Waals surface area contributed by atoms with Crippen molar-refractivity contribution in [2.24, 2.45) is 11.3 Å². The predicted octanol–water partition coefficient (Wildman–Crippen LogP) is 5.74. The molecule has 0 fully saturated rings. The van der Waals surface area contributed by atoms with E-state index in [1.165, 1.54) is 36.7 Å². The van der Waals surface area contributed by atoms with E-state index in [1.54, 1.807) is 0 Å². The highest BCUT2D eigenvalue weighted by molar-refractivity contribution is 6.73. The lowest BCUT2D eigenvalue weighted by atomic mass is 9.74. The quantitative estimate of drug-likeness (QED) is 0.578. The van der Waals surface area contributed by atoms with E-state index in [-0.39, 0.29) is 0 Å². The summed E-state index contributed by atoms with van der Waals surface area (Å²) in [5, 5.41) is 0. The van der Waals surface area contributed by atoms with E-state index in [0.29, 0.717) is 5.41 Å². The molecule has 2 heteroatoms. The molecule has 1 aliphatic rings. The number of rotatable bonds is 5. The largest absolute Gasteiger partial charge is 0.547 e. The average Bonchev–Trinajstić information content (AvgIpc) is 2.36. The Labute approximate surface area is 115 Å². The summed E-state index contributed by atoms with van der Waals surface area (Å²) in [5.74, 6) is 2.14. The molecule has 0 bridgehead atoms. The lowest BCUT2D eigenvalue weighted by Crippen LogP contribution is -2.36. The van der Waals surface area contributed by atoms with E-state index in [1.807, 2.05) is 0 Å². The fourth-order valence-electron chi connectivity index (χ4n) is 2.93. The van der Waals surface area contributed by atoms with Gasteiger partial charge in [0.15, 0.2) is 0 Å². The Kier molecular flexibility index (Phi) is 5.51. The topological polar surface area (TPSA) is 9.23 Å². The third kappa shape index (κ3) is 3.88. The maximum atomic E-state index is 6.49. The van der Waals surface area contributed by atoms with Gasteiger partial charge in [-0.3, -0.25) is 0 Å². The second kappa shape index (κ2) is 6.27. The molecule has 0 heterocycles. The van der Waals surface area contributed by atoms with Crippen molar-refractivity contribution < 1.29 is 4.43 Å². The van der Waals surface area contributed by atoms with Crippen molar-refractivity contribution in [3.63, 3.8) is 0 Å². The van der Waals surface area contributed by atoms with Gasteiger partial charge in [0, 0.05) is 6.42 Å². The van der Waals surface area contributed by atoms with Gasteiger partial charge in [0.1, 0.15) is 0 Å². The van der Waals surface area contributed by atoms with Crippen LogP contribution in [0, 0.1) is 11.3 Å². The van der Waals surface area contributed by atoms with Crippen LogP contribution in [0.1, 0.15) is 60.8 Å². The van der Waals surface area contributed by atoms with Gasteiger partial charge in [0.05, 0.1) is 5.76 Å². The van der Waals surface area contributed by atoms with Crippen molar-refractivity contribution in [2.45, 2.75) is 78.9 Å². The molecule has 0 aliphatic heterocycles. The van der Waals surface area contributed by atoms with Crippen LogP contribution in [0.5, 0.6) is 0 Å². The molecular weight excluding hydrogens is 236 g/mol. The fourth-order valence-corrected chi connectivity index (χ4v) is 5.61. The lowest BCUT2D eigenvalue weighted by molar-refractivity contribution is 0.205. The van der Waals surface area contributed by atoms with Crippen LogP contribution in [0.2, 0.25) is 18.1 Å². The molecular formula is C16H32OSi. The van der Waals surface area contributed by atoms with Gasteiger partial charge in [0.25, 0.3) is 0 Å². The summed E-state index contributed by atoms with van der Waals surface area (Å²) in [6, 6.07) is 3.75. The van der Waals surface area contributed by atoms with Crippen molar-refractivity contribution in [3.05, 3.63) is 11.8 Å². The van der Waals surface area contributed by atoms with Gasteiger partial charge >= 0.3 is 0 Å². The first kappa shape index (κ1) is 15.8. The van der Waals surface area contributed by atoms with E-state index in [4.69, 9.17) is 4.43 Å². The zero-order chi connectivity index (χ0) is 13.8. The second-order valence-electron chi connectivity index (χ2n) is 6.85. The molecule has 0 saturated heterocycles. The molecule has 1 aliphatic carbocycles. The van der Waals surface area contributed by atoms with Crippen LogP contribution in [-0.4, -0.2) is 8.32 Å². The molecule has 0 saturated carbocycles. The minimum atomic E-state index is -1.44. The Bertz CT molecular complexity index is 276.